The number of anilines is 1. The fourth-order valence-corrected chi connectivity index (χ4v) is 3.05. The van der Waals surface area contributed by atoms with E-state index in [2.05, 4.69) is 15.5 Å². The standard InChI is InChI=1S/C22H18N4O3/c1-29-16-8-6-7-15(13-16)25-24-14-19-17-9-2-3-10-18(17)21(27)26(22(19)28)20-11-4-5-12-23-20/h2-14,25,28H,1H3/b24-14+. The van der Waals surface area contributed by atoms with E-state index < -0.39 is 0 Å². The summed E-state index contributed by atoms with van der Waals surface area (Å²) in [5.41, 5.74) is 3.69. The maximum atomic E-state index is 13.0. The number of pyridine rings is 2. The summed E-state index contributed by atoms with van der Waals surface area (Å²) in [6.07, 6.45) is 3.05. The lowest BCUT2D eigenvalue weighted by atomic mass is 10.1. The number of hydrazone groups is 1. The van der Waals surface area contributed by atoms with Crippen LogP contribution >= 0.6 is 0 Å². The molecule has 0 aliphatic heterocycles. The van der Waals surface area contributed by atoms with Crippen molar-refractivity contribution in [3.8, 4) is 17.4 Å². The van der Waals surface area contributed by atoms with E-state index >= 15 is 0 Å². The highest BCUT2D eigenvalue weighted by atomic mass is 16.5. The van der Waals surface area contributed by atoms with Crippen molar-refractivity contribution in [3.05, 3.63) is 88.8 Å². The number of rotatable bonds is 5. The first kappa shape index (κ1) is 18.2. The molecule has 29 heavy (non-hydrogen) atoms. The van der Waals surface area contributed by atoms with Crippen molar-refractivity contribution in [1.29, 1.82) is 0 Å². The molecule has 4 aromatic rings. The van der Waals surface area contributed by atoms with Crippen LogP contribution in [-0.2, 0) is 0 Å². The molecule has 0 atom stereocenters. The van der Waals surface area contributed by atoms with Crippen molar-refractivity contribution in [2.75, 3.05) is 12.5 Å². The largest absolute Gasteiger partial charge is 0.497 e. The van der Waals surface area contributed by atoms with Crippen molar-refractivity contribution in [2.45, 2.75) is 0 Å². The zero-order valence-corrected chi connectivity index (χ0v) is 15.6. The highest BCUT2D eigenvalue weighted by Crippen LogP contribution is 2.25. The first-order valence-electron chi connectivity index (χ1n) is 8.90. The third-order valence-corrected chi connectivity index (χ3v) is 4.44. The van der Waals surface area contributed by atoms with Gasteiger partial charge in [0, 0.05) is 23.0 Å². The molecule has 7 heteroatoms. The molecular weight excluding hydrogens is 368 g/mol. The van der Waals surface area contributed by atoms with Gasteiger partial charge < -0.3 is 9.84 Å². The van der Waals surface area contributed by atoms with E-state index in [1.165, 1.54) is 10.8 Å². The Morgan fingerprint density at radius 1 is 1.07 bits per heavy atom. The van der Waals surface area contributed by atoms with E-state index in [0.717, 1.165) is 5.69 Å². The predicted molar refractivity (Wildman–Crippen MR) is 113 cm³/mol. The summed E-state index contributed by atoms with van der Waals surface area (Å²) in [6.45, 7) is 0. The molecule has 2 heterocycles. The van der Waals surface area contributed by atoms with Crippen LogP contribution < -0.4 is 15.7 Å². The van der Waals surface area contributed by atoms with E-state index in [0.29, 0.717) is 27.9 Å². The van der Waals surface area contributed by atoms with Crippen LogP contribution in [0.15, 0.2) is 82.8 Å². The highest BCUT2D eigenvalue weighted by molar-refractivity contribution is 6.01. The molecule has 0 amide bonds. The second kappa shape index (κ2) is 7.85. The van der Waals surface area contributed by atoms with Gasteiger partial charge in [-0.05, 0) is 30.3 Å². The predicted octanol–water partition coefficient (Wildman–Crippen LogP) is 3.55. The number of hydrogen-bond acceptors (Lipinski definition) is 6. The van der Waals surface area contributed by atoms with Crippen LogP contribution in [0.2, 0.25) is 0 Å². The maximum Gasteiger partial charge on any atom is 0.267 e. The Labute approximate surface area is 166 Å². The molecule has 0 aliphatic carbocycles. The van der Waals surface area contributed by atoms with Gasteiger partial charge in [-0.1, -0.05) is 30.3 Å². The third-order valence-electron chi connectivity index (χ3n) is 4.44. The summed E-state index contributed by atoms with van der Waals surface area (Å²) >= 11 is 0. The van der Waals surface area contributed by atoms with E-state index in [1.807, 2.05) is 18.2 Å². The summed E-state index contributed by atoms with van der Waals surface area (Å²) in [6, 6.07) is 19.5. The molecule has 7 nitrogen and oxygen atoms in total. The van der Waals surface area contributed by atoms with E-state index in [9.17, 15) is 9.90 Å². The molecule has 0 saturated carbocycles. The van der Waals surface area contributed by atoms with Crippen LogP contribution in [0.3, 0.4) is 0 Å². The van der Waals surface area contributed by atoms with E-state index in [1.54, 1.807) is 61.8 Å². The van der Waals surface area contributed by atoms with E-state index in [-0.39, 0.29) is 11.4 Å². The molecule has 0 spiro atoms. The molecule has 0 saturated heterocycles. The summed E-state index contributed by atoms with van der Waals surface area (Å²) in [7, 11) is 1.59. The van der Waals surface area contributed by atoms with Crippen molar-refractivity contribution < 1.29 is 9.84 Å². The summed E-state index contributed by atoms with van der Waals surface area (Å²) in [5, 5.41) is 16.2. The zero-order valence-electron chi connectivity index (χ0n) is 15.6. The average molecular weight is 386 g/mol. The lowest BCUT2D eigenvalue weighted by molar-refractivity contribution is 0.415. The molecule has 2 aromatic carbocycles. The molecule has 4 rings (SSSR count). The number of ether oxygens (including phenoxy) is 1. The van der Waals surface area contributed by atoms with Gasteiger partial charge in [0.1, 0.15) is 11.6 Å². The lowest BCUT2D eigenvalue weighted by Crippen LogP contribution is -2.21. The number of hydrogen-bond donors (Lipinski definition) is 2. The van der Waals surface area contributed by atoms with Gasteiger partial charge in [-0.2, -0.15) is 5.10 Å². The second-order valence-corrected chi connectivity index (χ2v) is 6.21. The van der Waals surface area contributed by atoms with Crippen LogP contribution in [0.25, 0.3) is 16.6 Å². The minimum absolute atomic E-state index is 0.233. The maximum absolute atomic E-state index is 13.0. The van der Waals surface area contributed by atoms with Gasteiger partial charge >= 0.3 is 0 Å². The number of fused-ring (bicyclic) bond motifs is 1. The molecule has 144 valence electrons. The SMILES string of the molecule is COc1cccc(N/N=C/c2c(O)n(-c3ccccn3)c(=O)c3ccccc23)c1. The summed E-state index contributed by atoms with van der Waals surface area (Å²) in [4.78, 5) is 17.2. The number of aromatic nitrogens is 2. The van der Waals surface area contributed by atoms with Gasteiger partial charge in [-0.15, -0.1) is 0 Å². The first-order chi connectivity index (χ1) is 14.2. The summed E-state index contributed by atoms with van der Waals surface area (Å²) in [5.74, 6) is 0.793. The number of methoxy groups -OCH3 is 1. The van der Waals surface area contributed by atoms with Gasteiger partial charge in [-0.25, -0.2) is 9.55 Å². The molecular formula is C22H18N4O3. The molecule has 0 bridgehead atoms. The van der Waals surface area contributed by atoms with Crippen LogP contribution in [-0.4, -0.2) is 28.0 Å². The topological polar surface area (TPSA) is 88.7 Å². The Hall–Kier alpha value is -4.13. The Morgan fingerprint density at radius 3 is 2.62 bits per heavy atom. The average Bonchev–Trinajstić information content (AvgIpc) is 2.77. The smallest absolute Gasteiger partial charge is 0.267 e. The van der Waals surface area contributed by atoms with Gasteiger partial charge in [0.2, 0.25) is 5.88 Å². The Balaban J connectivity index is 1.82. The Morgan fingerprint density at radius 2 is 1.86 bits per heavy atom. The molecule has 0 unspecified atom stereocenters. The monoisotopic (exact) mass is 386 g/mol. The number of aromatic hydroxyl groups is 1. The number of benzene rings is 2. The van der Waals surface area contributed by atoms with Crippen LogP contribution in [0.1, 0.15) is 5.56 Å². The second-order valence-electron chi connectivity index (χ2n) is 6.21. The van der Waals surface area contributed by atoms with Gasteiger partial charge in [-0.3, -0.25) is 10.2 Å². The quantitative estimate of drug-likeness (QED) is 0.405. The van der Waals surface area contributed by atoms with Crippen molar-refractivity contribution in [1.82, 2.24) is 9.55 Å². The van der Waals surface area contributed by atoms with Gasteiger partial charge in [0.05, 0.1) is 24.6 Å². The van der Waals surface area contributed by atoms with Crippen LogP contribution in [0, 0.1) is 0 Å². The molecule has 0 fully saturated rings. The molecule has 2 N–H and O–H groups in total. The lowest BCUT2D eigenvalue weighted by Gasteiger charge is -2.12. The number of nitrogens with one attached hydrogen (secondary N) is 1. The van der Waals surface area contributed by atoms with Crippen molar-refractivity contribution >= 4 is 22.7 Å². The van der Waals surface area contributed by atoms with Crippen LogP contribution in [0.5, 0.6) is 11.6 Å². The fourth-order valence-electron chi connectivity index (χ4n) is 3.05. The third kappa shape index (κ3) is 3.53. The Kier molecular flexibility index (Phi) is 4.94. The minimum Gasteiger partial charge on any atom is -0.497 e. The number of nitrogens with zero attached hydrogens (tertiary/aromatic N) is 3. The summed E-state index contributed by atoms with van der Waals surface area (Å²) < 4.78 is 6.37. The van der Waals surface area contributed by atoms with Crippen LogP contribution in [0.4, 0.5) is 5.69 Å². The molecule has 0 radical (unpaired) electrons. The molecule has 0 aliphatic rings. The normalized spacial score (nSPS) is 11.1. The first-order valence-corrected chi connectivity index (χ1v) is 8.90. The van der Waals surface area contributed by atoms with Gasteiger partial charge in [0.25, 0.3) is 5.56 Å². The highest BCUT2D eigenvalue weighted by Gasteiger charge is 2.16. The molecule has 2 aromatic heterocycles. The zero-order chi connectivity index (χ0) is 20.2. The Bertz CT molecular complexity index is 1250. The van der Waals surface area contributed by atoms with Crippen molar-refractivity contribution in [2.24, 2.45) is 5.10 Å². The van der Waals surface area contributed by atoms with Gasteiger partial charge in [0.15, 0.2) is 0 Å². The van der Waals surface area contributed by atoms with E-state index in [4.69, 9.17) is 4.74 Å². The minimum atomic E-state index is -0.352. The van der Waals surface area contributed by atoms with Crippen molar-refractivity contribution in [3.63, 3.8) is 0 Å². The fraction of sp³-hybridized carbons (Fsp3) is 0.0455.